The van der Waals surface area contributed by atoms with Crippen LogP contribution in [0.1, 0.15) is 38.1 Å². The van der Waals surface area contributed by atoms with E-state index in [1.165, 1.54) is 4.68 Å². The van der Waals surface area contributed by atoms with E-state index in [2.05, 4.69) is 14.8 Å². The summed E-state index contributed by atoms with van der Waals surface area (Å²) in [6.07, 6.45) is 6.09. The molecule has 0 radical (unpaired) electrons. The molecule has 1 saturated carbocycles. The smallest absolute Gasteiger partial charge is 0.282 e. The molecule has 2 amide bonds. The van der Waals surface area contributed by atoms with Crippen molar-refractivity contribution >= 4 is 21.8 Å². The Labute approximate surface area is 179 Å². The summed E-state index contributed by atoms with van der Waals surface area (Å²) >= 11 is 0. The van der Waals surface area contributed by atoms with Crippen molar-refractivity contribution in [2.45, 2.75) is 44.7 Å². The van der Waals surface area contributed by atoms with Gasteiger partial charge in [0.2, 0.25) is 21.8 Å². The number of nitrogens with zero attached hydrogens (tertiary/aromatic N) is 5. The van der Waals surface area contributed by atoms with Gasteiger partial charge < -0.3 is 0 Å². The Bertz CT molecular complexity index is 1120. The fourth-order valence-corrected chi connectivity index (χ4v) is 4.53. The van der Waals surface area contributed by atoms with E-state index in [-0.39, 0.29) is 61.8 Å². The number of sulfonamides is 1. The molecule has 31 heavy (non-hydrogen) atoms. The molecule has 166 valence electrons. The van der Waals surface area contributed by atoms with Gasteiger partial charge in [-0.2, -0.15) is 0 Å². The summed E-state index contributed by atoms with van der Waals surface area (Å²) in [4.78, 5) is 41.5. The number of piperidine rings is 1. The summed E-state index contributed by atoms with van der Waals surface area (Å²) in [5.41, 5.74) is 0.437. The van der Waals surface area contributed by atoms with Gasteiger partial charge in [-0.3, -0.25) is 24.0 Å². The molecule has 2 aromatic rings. The summed E-state index contributed by atoms with van der Waals surface area (Å²) in [6.45, 7) is -0.140. The van der Waals surface area contributed by atoms with E-state index < -0.39 is 10.0 Å². The summed E-state index contributed by atoms with van der Waals surface area (Å²) in [5, 5.41) is 4.39. The standard InChI is InChI=1S/C19H24N6O5S/c26-16-4-1-5-17(27)23(16)11-12-31(29,30)21-9-10-24-19(28)25(15-6-7-15)18(22-24)14-3-2-8-20-13-14/h2-3,8,13,15,21H,1,4-7,9-12H2. The van der Waals surface area contributed by atoms with Crippen LogP contribution in [0.4, 0.5) is 0 Å². The highest BCUT2D eigenvalue weighted by Crippen LogP contribution is 2.36. The first-order valence-electron chi connectivity index (χ1n) is 10.3. The average Bonchev–Trinajstić information content (AvgIpc) is 3.52. The second-order valence-corrected chi connectivity index (χ2v) is 9.60. The van der Waals surface area contributed by atoms with Gasteiger partial charge in [0.05, 0.1) is 12.3 Å². The van der Waals surface area contributed by atoms with E-state index in [4.69, 9.17) is 0 Å². The molecule has 3 heterocycles. The van der Waals surface area contributed by atoms with Gasteiger partial charge in [0.25, 0.3) is 0 Å². The van der Waals surface area contributed by atoms with E-state index in [0.717, 1.165) is 23.3 Å². The highest BCUT2D eigenvalue weighted by atomic mass is 32.2. The van der Waals surface area contributed by atoms with Crippen LogP contribution in [0.25, 0.3) is 11.4 Å². The summed E-state index contributed by atoms with van der Waals surface area (Å²) < 4.78 is 29.9. The molecule has 11 nitrogen and oxygen atoms in total. The van der Waals surface area contributed by atoms with Crippen molar-refractivity contribution in [3.8, 4) is 11.4 Å². The van der Waals surface area contributed by atoms with Crippen molar-refractivity contribution in [2.75, 3.05) is 18.8 Å². The Kier molecular flexibility index (Phi) is 6.01. The maximum absolute atomic E-state index is 12.8. The van der Waals surface area contributed by atoms with Crippen LogP contribution in [-0.4, -0.2) is 63.3 Å². The first kappa shape index (κ1) is 21.4. The van der Waals surface area contributed by atoms with Crippen molar-refractivity contribution in [1.29, 1.82) is 0 Å². The Hall–Kier alpha value is -2.86. The van der Waals surface area contributed by atoms with Gasteiger partial charge in [-0.05, 0) is 31.4 Å². The number of imide groups is 1. The number of amides is 2. The molecule has 1 aliphatic heterocycles. The van der Waals surface area contributed by atoms with E-state index in [1.54, 1.807) is 23.0 Å². The largest absolute Gasteiger partial charge is 0.346 e. The van der Waals surface area contributed by atoms with Crippen LogP contribution < -0.4 is 10.4 Å². The molecule has 1 N–H and O–H groups in total. The zero-order chi connectivity index (χ0) is 22.0. The van der Waals surface area contributed by atoms with Crippen LogP contribution >= 0.6 is 0 Å². The number of aromatic nitrogens is 4. The molecule has 0 aromatic carbocycles. The predicted molar refractivity (Wildman–Crippen MR) is 110 cm³/mol. The molecule has 2 aliphatic rings. The van der Waals surface area contributed by atoms with Gasteiger partial charge in [0.1, 0.15) is 0 Å². The number of hydrogen-bond acceptors (Lipinski definition) is 7. The van der Waals surface area contributed by atoms with Gasteiger partial charge in [0.15, 0.2) is 5.82 Å². The zero-order valence-electron chi connectivity index (χ0n) is 16.9. The molecule has 12 heteroatoms. The number of nitrogens with one attached hydrogen (secondary N) is 1. The second kappa shape index (κ2) is 8.71. The lowest BCUT2D eigenvalue weighted by atomic mass is 10.1. The van der Waals surface area contributed by atoms with Crippen LogP contribution in [0, 0.1) is 0 Å². The minimum atomic E-state index is -3.73. The topological polar surface area (TPSA) is 136 Å². The zero-order valence-corrected chi connectivity index (χ0v) is 17.8. The van der Waals surface area contributed by atoms with Gasteiger partial charge in [-0.25, -0.2) is 22.6 Å². The third kappa shape index (κ3) is 4.90. The first-order valence-corrected chi connectivity index (χ1v) is 11.9. The number of carbonyl (C=O) groups is 2. The fourth-order valence-electron chi connectivity index (χ4n) is 3.56. The van der Waals surface area contributed by atoms with Crippen molar-refractivity contribution in [2.24, 2.45) is 0 Å². The lowest BCUT2D eigenvalue weighted by molar-refractivity contribution is -0.147. The van der Waals surface area contributed by atoms with E-state index in [1.807, 2.05) is 6.07 Å². The van der Waals surface area contributed by atoms with Crippen molar-refractivity contribution in [3.05, 3.63) is 35.0 Å². The van der Waals surface area contributed by atoms with Crippen molar-refractivity contribution in [1.82, 2.24) is 29.0 Å². The van der Waals surface area contributed by atoms with E-state index in [9.17, 15) is 22.8 Å². The number of rotatable bonds is 9. The molecule has 0 unspecified atom stereocenters. The summed E-state index contributed by atoms with van der Waals surface area (Å²) in [7, 11) is -3.73. The number of carbonyl (C=O) groups excluding carboxylic acids is 2. The summed E-state index contributed by atoms with van der Waals surface area (Å²) in [6, 6.07) is 3.69. The first-order chi connectivity index (χ1) is 14.9. The molecular weight excluding hydrogens is 424 g/mol. The number of likely N-dealkylation sites (tertiary alicyclic amines) is 1. The molecule has 0 spiro atoms. The maximum Gasteiger partial charge on any atom is 0.346 e. The van der Waals surface area contributed by atoms with E-state index >= 15 is 0 Å². The lowest BCUT2D eigenvalue weighted by Crippen LogP contribution is -2.44. The molecule has 1 saturated heterocycles. The fraction of sp³-hybridized carbons (Fsp3) is 0.526. The molecule has 0 atom stereocenters. The molecule has 2 fully saturated rings. The highest BCUT2D eigenvalue weighted by molar-refractivity contribution is 7.89. The van der Waals surface area contributed by atoms with Crippen LogP contribution in [-0.2, 0) is 26.2 Å². The predicted octanol–water partition coefficient (Wildman–Crippen LogP) is -0.0998. The second-order valence-electron chi connectivity index (χ2n) is 7.68. The van der Waals surface area contributed by atoms with Gasteiger partial charge in [-0.1, -0.05) is 0 Å². The quantitative estimate of drug-likeness (QED) is 0.529. The Morgan fingerprint density at radius 3 is 2.48 bits per heavy atom. The summed E-state index contributed by atoms with van der Waals surface area (Å²) in [5.74, 6) is -0.541. The van der Waals surface area contributed by atoms with Crippen molar-refractivity contribution in [3.63, 3.8) is 0 Å². The highest BCUT2D eigenvalue weighted by Gasteiger charge is 2.31. The van der Waals surface area contributed by atoms with Gasteiger partial charge in [-0.15, -0.1) is 5.10 Å². The molecule has 2 aromatic heterocycles. The van der Waals surface area contributed by atoms with E-state index in [0.29, 0.717) is 12.2 Å². The molecular formula is C19H24N6O5S. The monoisotopic (exact) mass is 448 g/mol. The number of pyridine rings is 1. The lowest BCUT2D eigenvalue weighted by Gasteiger charge is -2.24. The molecule has 0 bridgehead atoms. The third-order valence-corrected chi connectivity index (χ3v) is 6.68. The van der Waals surface area contributed by atoms with Crippen LogP contribution in [0.2, 0.25) is 0 Å². The normalized spacial score (nSPS) is 17.4. The SMILES string of the molecule is O=C1CCCC(=O)N1CCS(=O)(=O)NCCn1nc(-c2cccnc2)n(C2CC2)c1=O. The Balaban J connectivity index is 1.39. The molecule has 4 rings (SSSR count). The van der Waals surface area contributed by atoms with Crippen LogP contribution in [0.15, 0.2) is 29.3 Å². The molecule has 1 aliphatic carbocycles. The van der Waals surface area contributed by atoms with Crippen LogP contribution in [0.5, 0.6) is 0 Å². The maximum atomic E-state index is 12.8. The average molecular weight is 449 g/mol. The van der Waals surface area contributed by atoms with Crippen molar-refractivity contribution < 1.29 is 18.0 Å². The van der Waals surface area contributed by atoms with Gasteiger partial charge in [0, 0.05) is 49.9 Å². The minimum Gasteiger partial charge on any atom is -0.282 e. The van der Waals surface area contributed by atoms with Crippen LogP contribution in [0.3, 0.4) is 0 Å². The minimum absolute atomic E-state index is 0.0295. The number of hydrogen-bond donors (Lipinski definition) is 1. The van der Waals surface area contributed by atoms with Gasteiger partial charge >= 0.3 is 5.69 Å². The Morgan fingerprint density at radius 2 is 1.84 bits per heavy atom. The third-order valence-electron chi connectivity index (χ3n) is 5.31. The Morgan fingerprint density at radius 1 is 1.10 bits per heavy atom.